The van der Waals surface area contributed by atoms with Crippen molar-refractivity contribution in [3.63, 3.8) is 0 Å². The van der Waals surface area contributed by atoms with Crippen molar-refractivity contribution >= 4 is 11.8 Å². The molecule has 2 unspecified atom stereocenters. The molecule has 0 radical (unpaired) electrons. The van der Waals surface area contributed by atoms with E-state index >= 15 is 0 Å². The summed E-state index contributed by atoms with van der Waals surface area (Å²) in [6.07, 6.45) is 1.25. The Bertz CT molecular complexity index is 411. The van der Waals surface area contributed by atoms with E-state index in [2.05, 4.69) is 31.3 Å². The number of hydrogen-bond donors (Lipinski definition) is 1. The molecule has 2 atom stereocenters. The highest BCUT2D eigenvalue weighted by molar-refractivity contribution is 7.99. The van der Waals surface area contributed by atoms with Gasteiger partial charge in [0.05, 0.1) is 0 Å². The monoisotopic (exact) mass is 281 g/mol. The summed E-state index contributed by atoms with van der Waals surface area (Å²) < 4.78 is 10.8. The van der Waals surface area contributed by atoms with Gasteiger partial charge in [-0.3, -0.25) is 0 Å². The van der Waals surface area contributed by atoms with Gasteiger partial charge in [0.2, 0.25) is 6.79 Å². The molecule has 0 spiro atoms. The molecular formula is C15H23NO2S. The van der Waals surface area contributed by atoms with Gasteiger partial charge in [0.1, 0.15) is 0 Å². The van der Waals surface area contributed by atoms with Crippen molar-refractivity contribution in [3.8, 4) is 11.5 Å². The molecule has 0 aromatic heterocycles. The van der Waals surface area contributed by atoms with Crippen molar-refractivity contribution in [2.75, 3.05) is 25.3 Å². The molecule has 1 aromatic carbocycles. The third kappa shape index (κ3) is 3.80. The Morgan fingerprint density at radius 2 is 2.05 bits per heavy atom. The van der Waals surface area contributed by atoms with Gasteiger partial charge in [0.25, 0.3) is 0 Å². The van der Waals surface area contributed by atoms with Gasteiger partial charge >= 0.3 is 0 Å². The zero-order valence-electron chi connectivity index (χ0n) is 11.9. The summed E-state index contributed by atoms with van der Waals surface area (Å²) in [4.78, 5) is 0. The third-order valence-electron chi connectivity index (χ3n) is 3.53. The minimum atomic E-state index is 0.339. The molecule has 4 heteroatoms. The lowest BCUT2D eigenvalue weighted by molar-refractivity contribution is 0.174. The Hall–Kier alpha value is -0.870. The van der Waals surface area contributed by atoms with Gasteiger partial charge in [0, 0.05) is 11.8 Å². The smallest absolute Gasteiger partial charge is 0.231 e. The molecule has 1 N–H and O–H groups in total. The Morgan fingerprint density at radius 1 is 1.26 bits per heavy atom. The summed E-state index contributed by atoms with van der Waals surface area (Å²) in [7, 11) is 2.01. The number of thioether (sulfide) groups is 1. The first-order chi connectivity index (χ1) is 9.24. The van der Waals surface area contributed by atoms with Crippen LogP contribution in [0.3, 0.4) is 0 Å². The highest BCUT2D eigenvalue weighted by Crippen LogP contribution is 2.34. The van der Waals surface area contributed by atoms with Crippen molar-refractivity contribution in [1.82, 2.24) is 5.32 Å². The summed E-state index contributed by atoms with van der Waals surface area (Å²) in [5.74, 6) is 4.81. The quantitative estimate of drug-likeness (QED) is 0.829. The zero-order chi connectivity index (χ0) is 13.7. The van der Waals surface area contributed by atoms with Crippen molar-refractivity contribution in [2.45, 2.75) is 26.3 Å². The summed E-state index contributed by atoms with van der Waals surface area (Å²) in [6.45, 7) is 4.90. The number of nitrogens with one attached hydrogen (secondary N) is 1. The lowest BCUT2D eigenvalue weighted by atomic mass is 10.1. The Kier molecular flexibility index (Phi) is 5.40. The lowest BCUT2D eigenvalue weighted by Gasteiger charge is -2.17. The maximum absolute atomic E-state index is 5.44. The van der Waals surface area contributed by atoms with Gasteiger partial charge < -0.3 is 14.8 Å². The summed E-state index contributed by atoms with van der Waals surface area (Å²) in [5, 5.41) is 3.38. The predicted molar refractivity (Wildman–Crippen MR) is 81.1 cm³/mol. The standard InChI is InChI=1S/C15H23NO2S/c1-4-11(2)8-19-9-13(16-3)12-5-6-14-15(7-12)18-10-17-14/h5-7,11,13,16H,4,8-10H2,1-3H3. The molecule has 1 aliphatic heterocycles. The topological polar surface area (TPSA) is 30.5 Å². The number of hydrogen-bond acceptors (Lipinski definition) is 4. The second kappa shape index (κ2) is 7.06. The van der Waals surface area contributed by atoms with Crippen LogP contribution in [0.1, 0.15) is 31.9 Å². The SMILES string of the molecule is CCC(C)CSCC(NC)c1ccc2c(c1)OCO2. The van der Waals surface area contributed by atoms with E-state index in [1.165, 1.54) is 17.7 Å². The van der Waals surface area contributed by atoms with E-state index in [-0.39, 0.29) is 0 Å². The normalized spacial score (nSPS) is 16.4. The minimum absolute atomic E-state index is 0.339. The van der Waals surface area contributed by atoms with Crippen LogP contribution in [0.4, 0.5) is 0 Å². The van der Waals surface area contributed by atoms with E-state index in [4.69, 9.17) is 9.47 Å². The van der Waals surface area contributed by atoms with Crippen LogP contribution in [0.15, 0.2) is 18.2 Å². The molecule has 106 valence electrons. The molecular weight excluding hydrogens is 258 g/mol. The molecule has 3 nitrogen and oxygen atoms in total. The highest BCUT2D eigenvalue weighted by Gasteiger charge is 2.17. The second-order valence-electron chi connectivity index (χ2n) is 5.00. The summed E-state index contributed by atoms with van der Waals surface area (Å²) >= 11 is 2.01. The Morgan fingerprint density at radius 3 is 2.79 bits per heavy atom. The van der Waals surface area contributed by atoms with Crippen LogP contribution in [0.25, 0.3) is 0 Å². The van der Waals surface area contributed by atoms with Gasteiger partial charge in [-0.05, 0) is 36.4 Å². The van der Waals surface area contributed by atoms with Crippen LogP contribution in [0.5, 0.6) is 11.5 Å². The predicted octanol–water partition coefficient (Wildman–Crippen LogP) is 3.46. The zero-order valence-corrected chi connectivity index (χ0v) is 12.8. The van der Waals surface area contributed by atoms with Crippen LogP contribution in [0, 0.1) is 5.92 Å². The van der Waals surface area contributed by atoms with Crippen molar-refractivity contribution in [3.05, 3.63) is 23.8 Å². The third-order valence-corrected chi connectivity index (χ3v) is 4.91. The minimum Gasteiger partial charge on any atom is -0.454 e. The number of ether oxygens (including phenoxy) is 2. The van der Waals surface area contributed by atoms with E-state index in [1.807, 2.05) is 24.9 Å². The molecule has 19 heavy (non-hydrogen) atoms. The van der Waals surface area contributed by atoms with E-state index in [1.54, 1.807) is 0 Å². The van der Waals surface area contributed by atoms with Gasteiger partial charge in [-0.2, -0.15) is 11.8 Å². The lowest BCUT2D eigenvalue weighted by Crippen LogP contribution is -2.19. The first kappa shape index (κ1) is 14.5. The Balaban J connectivity index is 1.93. The number of fused-ring (bicyclic) bond motifs is 1. The van der Waals surface area contributed by atoms with Crippen LogP contribution >= 0.6 is 11.8 Å². The fourth-order valence-corrected chi connectivity index (χ4v) is 3.35. The van der Waals surface area contributed by atoms with Crippen LogP contribution in [0.2, 0.25) is 0 Å². The maximum atomic E-state index is 5.44. The molecule has 1 aliphatic rings. The average Bonchev–Trinajstić information content (AvgIpc) is 2.90. The van der Waals surface area contributed by atoms with E-state index in [0.29, 0.717) is 12.8 Å². The molecule has 0 fully saturated rings. The first-order valence-corrected chi connectivity index (χ1v) is 8.04. The van der Waals surface area contributed by atoms with Crippen LogP contribution in [-0.2, 0) is 0 Å². The molecule has 2 rings (SSSR count). The fourth-order valence-electron chi connectivity index (χ4n) is 1.98. The molecule has 1 heterocycles. The van der Waals surface area contributed by atoms with Crippen LogP contribution < -0.4 is 14.8 Å². The first-order valence-electron chi connectivity index (χ1n) is 6.89. The molecule has 0 aliphatic carbocycles. The molecule has 0 bridgehead atoms. The molecule has 1 aromatic rings. The van der Waals surface area contributed by atoms with Gasteiger partial charge in [0.15, 0.2) is 11.5 Å². The van der Waals surface area contributed by atoms with Crippen molar-refractivity contribution in [1.29, 1.82) is 0 Å². The van der Waals surface area contributed by atoms with Gasteiger partial charge in [-0.1, -0.05) is 26.3 Å². The summed E-state index contributed by atoms with van der Waals surface area (Å²) in [6, 6.07) is 6.58. The summed E-state index contributed by atoms with van der Waals surface area (Å²) in [5.41, 5.74) is 1.27. The molecule has 0 amide bonds. The maximum Gasteiger partial charge on any atom is 0.231 e. The second-order valence-corrected chi connectivity index (χ2v) is 6.08. The van der Waals surface area contributed by atoms with Crippen LogP contribution in [-0.4, -0.2) is 25.3 Å². The Labute approximate surface area is 120 Å². The number of benzene rings is 1. The number of rotatable bonds is 7. The highest BCUT2D eigenvalue weighted by atomic mass is 32.2. The average molecular weight is 281 g/mol. The van der Waals surface area contributed by atoms with Gasteiger partial charge in [-0.15, -0.1) is 0 Å². The van der Waals surface area contributed by atoms with E-state index in [9.17, 15) is 0 Å². The van der Waals surface area contributed by atoms with Crippen molar-refractivity contribution in [2.24, 2.45) is 5.92 Å². The van der Waals surface area contributed by atoms with Crippen molar-refractivity contribution < 1.29 is 9.47 Å². The molecule has 0 saturated heterocycles. The van der Waals surface area contributed by atoms with E-state index in [0.717, 1.165) is 23.2 Å². The molecule has 0 saturated carbocycles. The largest absolute Gasteiger partial charge is 0.454 e. The van der Waals surface area contributed by atoms with Gasteiger partial charge in [-0.25, -0.2) is 0 Å². The van der Waals surface area contributed by atoms with E-state index < -0.39 is 0 Å². The fraction of sp³-hybridized carbons (Fsp3) is 0.600.